The highest BCUT2D eigenvalue weighted by molar-refractivity contribution is 4.67. The first kappa shape index (κ1) is 12.0. The Labute approximate surface area is 87.2 Å². The molecule has 84 valence electrons. The van der Waals surface area contributed by atoms with Crippen molar-refractivity contribution in [2.75, 3.05) is 26.3 Å². The summed E-state index contributed by atoms with van der Waals surface area (Å²) >= 11 is 0. The topological polar surface area (TPSA) is 30.5 Å². The van der Waals surface area contributed by atoms with Crippen LogP contribution in [0.25, 0.3) is 0 Å². The molecular formula is C11H23NO2. The summed E-state index contributed by atoms with van der Waals surface area (Å²) in [6.45, 7) is 9.82. The fraction of sp³-hybridized carbons (Fsp3) is 1.00. The lowest BCUT2D eigenvalue weighted by Crippen LogP contribution is -2.31. The van der Waals surface area contributed by atoms with Crippen LogP contribution in [0.5, 0.6) is 0 Å². The third kappa shape index (κ3) is 5.58. The normalized spacial score (nSPS) is 22.9. The van der Waals surface area contributed by atoms with E-state index < -0.39 is 0 Å². The lowest BCUT2D eigenvalue weighted by molar-refractivity contribution is -0.00186. The van der Waals surface area contributed by atoms with Gasteiger partial charge < -0.3 is 14.8 Å². The Bertz CT molecular complexity index is 148. The second-order valence-corrected chi connectivity index (χ2v) is 4.80. The lowest BCUT2D eigenvalue weighted by Gasteiger charge is -2.20. The summed E-state index contributed by atoms with van der Waals surface area (Å²) in [5.41, 5.74) is -0.0223. The van der Waals surface area contributed by atoms with Crippen LogP contribution in [0, 0.1) is 0 Å². The van der Waals surface area contributed by atoms with E-state index in [2.05, 4.69) is 26.1 Å². The van der Waals surface area contributed by atoms with E-state index in [-0.39, 0.29) is 5.60 Å². The van der Waals surface area contributed by atoms with E-state index in [0.717, 1.165) is 26.3 Å². The van der Waals surface area contributed by atoms with E-state index in [9.17, 15) is 0 Å². The van der Waals surface area contributed by atoms with Crippen molar-refractivity contribution < 1.29 is 9.47 Å². The van der Waals surface area contributed by atoms with Crippen LogP contribution in [0.2, 0.25) is 0 Å². The summed E-state index contributed by atoms with van der Waals surface area (Å²) in [5.74, 6) is 0. The van der Waals surface area contributed by atoms with Gasteiger partial charge in [-0.25, -0.2) is 0 Å². The van der Waals surface area contributed by atoms with Gasteiger partial charge in [-0.05, 0) is 33.6 Å². The van der Waals surface area contributed by atoms with E-state index >= 15 is 0 Å². The van der Waals surface area contributed by atoms with Crippen molar-refractivity contribution in [2.24, 2.45) is 0 Å². The Morgan fingerprint density at radius 2 is 2.21 bits per heavy atom. The Balaban J connectivity index is 1.89. The standard InChI is InChI=1S/C11H23NO2/c1-11(2,3)14-8-6-12-9-10-5-4-7-13-10/h10,12H,4-9H2,1-3H3. The van der Waals surface area contributed by atoms with Gasteiger partial charge in [-0.1, -0.05) is 0 Å². The zero-order valence-electron chi connectivity index (χ0n) is 9.64. The summed E-state index contributed by atoms with van der Waals surface area (Å²) in [5, 5.41) is 3.35. The van der Waals surface area contributed by atoms with Gasteiger partial charge in [0.1, 0.15) is 0 Å². The maximum absolute atomic E-state index is 5.59. The highest BCUT2D eigenvalue weighted by Gasteiger charge is 2.14. The van der Waals surface area contributed by atoms with Crippen LogP contribution < -0.4 is 5.32 Å². The minimum absolute atomic E-state index is 0.0223. The predicted octanol–water partition coefficient (Wildman–Crippen LogP) is 1.57. The molecule has 1 rings (SSSR count). The van der Waals surface area contributed by atoms with Crippen molar-refractivity contribution in [1.29, 1.82) is 0 Å². The maximum Gasteiger partial charge on any atom is 0.0700 e. The summed E-state index contributed by atoms with van der Waals surface area (Å²) in [7, 11) is 0. The van der Waals surface area contributed by atoms with Crippen molar-refractivity contribution in [2.45, 2.75) is 45.3 Å². The van der Waals surface area contributed by atoms with Gasteiger partial charge in [0.25, 0.3) is 0 Å². The van der Waals surface area contributed by atoms with Gasteiger partial charge in [-0.2, -0.15) is 0 Å². The number of hydrogen-bond donors (Lipinski definition) is 1. The summed E-state index contributed by atoms with van der Waals surface area (Å²) < 4.78 is 11.1. The van der Waals surface area contributed by atoms with Gasteiger partial charge in [0.05, 0.1) is 18.3 Å². The van der Waals surface area contributed by atoms with E-state index in [1.165, 1.54) is 12.8 Å². The zero-order chi connectivity index (χ0) is 10.4. The Morgan fingerprint density at radius 1 is 1.43 bits per heavy atom. The molecule has 1 saturated heterocycles. The molecular weight excluding hydrogens is 178 g/mol. The van der Waals surface area contributed by atoms with Crippen molar-refractivity contribution in [1.82, 2.24) is 5.32 Å². The molecule has 0 aromatic carbocycles. The van der Waals surface area contributed by atoms with E-state index in [1.807, 2.05) is 0 Å². The van der Waals surface area contributed by atoms with Crippen molar-refractivity contribution in [3.8, 4) is 0 Å². The summed E-state index contributed by atoms with van der Waals surface area (Å²) in [4.78, 5) is 0. The van der Waals surface area contributed by atoms with Crippen molar-refractivity contribution >= 4 is 0 Å². The van der Waals surface area contributed by atoms with Gasteiger partial charge in [0.15, 0.2) is 0 Å². The quantitative estimate of drug-likeness (QED) is 0.685. The monoisotopic (exact) mass is 201 g/mol. The van der Waals surface area contributed by atoms with E-state index in [0.29, 0.717) is 6.10 Å². The fourth-order valence-corrected chi connectivity index (χ4v) is 1.50. The molecule has 0 aromatic heterocycles. The smallest absolute Gasteiger partial charge is 0.0700 e. The first-order valence-electron chi connectivity index (χ1n) is 5.54. The van der Waals surface area contributed by atoms with Gasteiger partial charge in [-0.15, -0.1) is 0 Å². The van der Waals surface area contributed by atoms with Gasteiger partial charge in [0, 0.05) is 19.7 Å². The fourth-order valence-electron chi connectivity index (χ4n) is 1.50. The lowest BCUT2D eigenvalue weighted by atomic mass is 10.2. The molecule has 1 unspecified atom stereocenters. The molecule has 1 fully saturated rings. The number of rotatable bonds is 5. The third-order valence-electron chi connectivity index (χ3n) is 2.21. The number of ether oxygens (including phenoxy) is 2. The van der Waals surface area contributed by atoms with Crippen LogP contribution in [0.3, 0.4) is 0 Å². The average Bonchev–Trinajstić information content (AvgIpc) is 2.54. The molecule has 1 N–H and O–H groups in total. The number of nitrogens with one attached hydrogen (secondary N) is 1. The molecule has 1 atom stereocenters. The number of hydrogen-bond acceptors (Lipinski definition) is 3. The predicted molar refractivity (Wildman–Crippen MR) is 57.5 cm³/mol. The maximum atomic E-state index is 5.59. The Kier molecular flexibility index (Phi) is 4.85. The largest absolute Gasteiger partial charge is 0.377 e. The van der Waals surface area contributed by atoms with Crippen LogP contribution in [0.1, 0.15) is 33.6 Å². The van der Waals surface area contributed by atoms with Crippen LogP contribution in [-0.4, -0.2) is 38.0 Å². The molecule has 3 heteroatoms. The first-order chi connectivity index (χ1) is 6.58. The minimum atomic E-state index is -0.0223. The van der Waals surface area contributed by atoms with Crippen LogP contribution in [-0.2, 0) is 9.47 Å². The van der Waals surface area contributed by atoms with E-state index in [1.54, 1.807) is 0 Å². The molecule has 0 radical (unpaired) electrons. The zero-order valence-corrected chi connectivity index (χ0v) is 9.64. The molecule has 3 nitrogen and oxygen atoms in total. The van der Waals surface area contributed by atoms with Crippen molar-refractivity contribution in [3.05, 3.63) is 0 Å². The molecule has 1 aliphatic rings. The molecule has 1 heterocycles. The third-order valence-corrected chi connectivity index (χ3v) is 2.21. The van der Waals surface area contributed by atoms with Gasteiger partial charge in [0.2, 0.25) is 0 Å². The molecule has 0 aliphatic carbocycles. The molecule has 0 amide bonds. The van der Waals surface area contributed by atoms with Gasteiger partial charge >= 0.3 is 0 Å². The molecule has 0 aromatic rings. The summed E-state index contributed by atoms with van der Waals surface area (Å²) in [6.07, 6.45) is 2.85. The van der Waals surface area contributed by atoms with Crippen LogP contribution in [0.4, 0.5) is 0 Å². The summed E-state index contributed by atoms with van der Waals surface area (Å²) in [6, 6.07) is 0. The molecule has 0 spiro atoms. The highest BCUT2D eigenvalue weighted by atomic mass is 16.5. The average molecular weight is 201 g/mol. The second kappa shape index (κ2) is 5.69. The molecule has 1 aliphatic heterocycles. The van der Waals surface area contributed by atoms with Crippen molar-refractivity contribution in [3.63, 3.8) is 0 Å². The first-order valence-corrected chi connectivity index (χ1v) is 5.54. The molecule has 0 saturated carbocycles. The molecule has 0 bridgehead atoms. The van der Waals surface area contributed by atoms with Gasteiger partial charge in [-0.3, -0.25) is 0 Å². The Morgan fingerprint density at radius 3 is 2.79 bits per heavy atom. The van der Waals surface area contributed by atoms with Crippen LogP contribution >= 0.6 is 0 Å². The highest BCUT2D eigenvalue weighted by Crippen LogP contribution is 2.10. The molecule has 14 heavy (non-hydrogen) atoms. The SMILES string of the molecule is CC(C)(C)OCCNCC1CCCO1. The minimum Gasteiger partial charge on any atom is -0.377 e. The Hall–Kier alpha value is -0.120. The van der Waals surface area contributed by atoms with E-state index in [4.69, 9.17) is 9.47 Å². The second-order valence-electron chi connectivity index (χ2n) is 4.80. The van der Waals surface area contributed by atoms with Crippen LogP contribution in [0.15, 0.2) is 0 Å².